The maximum absolute atomic E-state index is 12.8. The van der Waals surface area contributed by atoms with E-state index in [4.69, 9.17) is 5.11 Å². The Kier molecular flexibility index (Phi) is 5.87. The van der Waals surface area contributed by atoms with E-state index in [1.807, 2.05) is 11.5 Å². The van der Waals surface area contributed by atoms with E-state index >= 15 is 0 Å². The van der Waals surface area contributed by atoms with E-state index in [0.717, 1.165) is 31.5 Å². The van der Waals surface area contributed by atoms with Crippen LogP contribution in [0.15, 0.2) is 18.2 Å². The molecule has 0 saturated carbocycles. The fourth-order valence-corrected chi connectivity index (χ4v) is 2.85. The van der Waals surface area contributed by atoms with Crippen molar-refractivity contribution in [3.05, 3.63) is 29.6 Å². The van der Waals surface area contributed by atoms with Gasteiger partial charge in [0.25, 0.3) is 0 Å². The van der Waals surface area contributed by atoms with Crippen LogP contribution in [0.2, 0.25) is 0 Å². The summed E-state index contributed by atoms with van der Waals surface area (Å²) in [7, 11) is 1.81. The summed E-state index contributed by atoms with van der Waals surface area (Å²) in [6.07, 6.45) is -2.68. The highest BCUT2D eigenvalue weighted by Gasteiger charge is 2.31. The van der Waals surface area contributed by atoms with Gasteiger partial charge < -0.3 is 15.0 Å². The Morgan fingerprint density at radius 2 is 2.04 bits per heavy atom. The molecule has 2 N–H and O–H groups in total. The lowest BCUT2D eigenvalue weighted by atomic mass is 10.0. The van der Waals surface area contributed by atoms with Gasteiger partial charge in [0.2, 0.25) is 0 Å². The first-order chi connectivity index (χ1) is 11.3. The van der Waals surface area contributed by atoms with E-state index < -0.39 is 11.7 Å². The second-order valence-corrected chi connectivity index (χ2v) is 6.15. The molecule has 0 bridgehead atoms. The smallest absolute Gasteiger partial charge is 0.396 e. The predicted octanol–water partition coefficient (Wildman–Crippen LogP) is 3.65. The molecule has 1 aromatic heterocycles. The van der Waals surface area contributed by atoms with Crippen LogP contribution in [-0.2, 0) is 13.2 Å². The number of imidazole rings is 1. The number of rotatable bonds is 7. The third-order valence-corrected chi connectivity index (χ3v) is 4.46. The molecule has 0 saturated heterocycles. The number of aliphatic hydroxyl groups is 1. The second kappa shape index (κ2) is 7.53. The lowest BCUT2D eigenvalue weighted by Gasteiger charge is -2.19. The molecule has 7 heteroatoms. The minimum Gasteiger partial charge on any atom is -0.396 e. The summed E-state index contributed by atoms with van der Waals surface area (Å²) in [6.45, 7) is 4.90. The highest BCUT2D eigenvalue weighted by Crippen LogP contribution is 2.31. The number of aryl methyl sites for hydroxylation is 1. The maximum Gasteiger partial charge on any atom is 0.416 e. The van der Waals surface area contributed by atoms with Gasteiger partial charge in [0.05, 0.1) is 22.6 Å². The molecule has 0 aliphatic heterocycles. The Morgan fingerprint density at radius 3 is 2.62 bits per heavy atom. The summed E-state index contributed by atoms with van der Waals surface area (Å²) in [5.74, 6) is 1.06. The van der Waals surface area contributed by atoms with Crippen LogP contribution in [0.3, 0.4) is 0 Å². The van der Waals surface area contributed by atoms with Gasteiger partial charge in [0.15, 0.2) is 0 Å². The first-order valence-electron chi connectivity index (χ1n) is 8.15. The molecular weight excluding hydrogens is 319 g/mol. The molecule has 2 aromatic rings. The fourth-order valence-electron chi connectivity index (χ4n) is 2.85. The number of halogens is 3. The van der Waals surface area contributed by atoms with Gasteiger partial charge in [-0.05, 0) is 44.0 Å². The van der Waals surface area contributed by atoms with E-state index in [1.165, 1.54) is 6.07 Å². The average molecular weight is 343 g/mol. The Hall–Kier alpha value is -1.60. The number of fused-ring (bicyclic) bond motifs is 1. The van der Waals surface area contributed by atoms with E-state index in [9.17, 15) is 13.2 Å². The van der Waals surface area contributed by atoms with Gasteiger partial charge in [-0.25, -0.2) is 4.98 Å². The van der Waals surface area contributed by atoms with Crippen LogP contribution in [-0.4, -0.2) is 27.8 Å². The molecule has 0 aliphatic carbocycles. The van der Waals surface area contributed by atoms with Crippen molar-refractivity contribution in [3.63, 3.8) is 0 Å². The Labute approximate surface area is 139 Å². The normalized spacial score (nSPS) is 15.0. The Bertz CT molecular complexity index is 682. The van der Waals surface area contributed by atoms with E-state index in [0.29, 0.717) is 22.8 Å². The highest BCUT2D eigenvalue weighted by atomic mass is 19.4. The maximum atomic E-state index is 12.8. The number of nitrogens with one attached hydrogen (secondary N) is 1. The third kappa shape index (κ3) is 4.08. The zero-order chi connectivity index (χ0) is 17.9. The van der Waals surface area contributed by atoms with Gasteiger partial charge in [0.1, 0.15) is 5.82 Å². The van der Waals surface area contributed by atoms with Crippen LogP contribution in [0.5, 0.6) is 0 Å². The summed E-state index contributed by atoms with van der Waals surface area (Å²) < 4.78 is 40.3. The number of nitrogens with zero attached hydrogens (tertiary/aromatic N) is 2. The number of aliphatic hydroxyl groups excluding tert-OH is 1. The quantitative estimate of drug-likeness (QED) is 0.807. The molecule has 0 radical (unpaired) electrons. The lowest BCUT2D eigenvalue weighted by molar-refractivity contribution is -0.137. The summed E-state index contributed by atoms with van der Waals surface area (Å²) in [6, 6.07) is 3.54. The topological polar surface area (TPSA) is 50.1 Å². The molecule has 4 nitrogen and oxygen atoms in total. The van der Waals surface area contributed by atoms with Gasteiger partial charge in [0, 0.05) is 13.7 Å². The highest BCUT2D eigenvalue weighted by molar-refractivity contribution is 5.77. The zero-order valence-electron chi connectivity index (χ0n) is 14.2. The van der Waals surface area contributed by atoms with Crippen LogP contribution >= 0.6 is 0 Å². The van der Waals surface area contributed by atoms with Crippen molar-refractivity contribution in [2.75, 3.05) is 13.2 Å². The standard InChI is InChI=1S/C17H24F3N3O/c1-4-12(7-8-24)10-21-11(2)16-22-14-9-13(17(18,19)20)5-6-15(14)23(16)3/h5-6,9,11-12,21,24H,4,7-8,10H2,1-3H3. The molecule has 2 rings (SSSR count). The van der Waals surface area contributed by atoms with Gasteiger partial charge >= 0.3 is 6.18 Å². The first-order valence-corrected chi connectivity index (χ1v) is 8.15. The molecule has 0 amide bonds. The third-order valence-electron chi connectivity index (χ3n) is 4.46. The average Bonchev–Trinajstić information content (AvgIpc) is 2.87. The summed E-state index contributed by atoms with van der Waals surface area (Å²) >= 11 is 0. The predicted molar refractivity (Wildman–Crippen MR) is 87.6 cm³/mol. The van der Waals surface area contributed by atoms with Crippen molar-refractivity contribution < 1.29 is 18.3 Å². The number of hydrogen-bond acceptors (Lipinski definition) is 3. The van der Waals surface area contributed by atoms with Crippen molar-refractivity contribution >= 4 is 11.0 Å². The van der Waals surface area contributed by atoms with E-state index in [-0.39, 0.29) is 12.6 Å². The SMILES string of the molecule is CCC(CCO)CNC(C)c1nc2cc(C(F)(F)F)ccc2n1C. The molecule has 24 heavy (non-hydrogen) atoms. The Balaban J connectivity index is 2.20. The first kappa shape index (κ1) is 18.7. The number of benzene rings is 1. The van der Waals surface area contributed by atoms with Crippen molar-refractivity contribution in [2.45, 2.75) is 38.9 Å². The minimum absolute atomic E-state index is 0.0931. The molecule has 1 aromatic carbocycles. The largest absolute Gasteiger partial charge is 0.416 e. The number of aromatic nitrogens is 2. The fraction of sp³-hybridized carbons (Fsp3) is 0.588. The molecule has 0 spiro atoms. The summed E-state index contributed by atoms with van der Waals surface area (Å²) in [5, 5.41) is 12.4. The van der Waals surface area contributed by atoms with Crippen LogP contribution in [0.1, 0.15) is 44.1 Å². The number of hydrogen-bond donors (Lipinski definition) is 2. The van der Waals surface area contributed by atoms with Gasteiger partial charge in [-0.3, -0.25) is 0 Å². The van der Waals surface area contributed by atoms with Crippen molar-refractivity contribution in [1.82, 2.24) is 14.9 Å². The van der Waals surface area contributed by atoms with Crippen molar-refractivity contribution in [1.29, 1.82) is 0 Å². The molecular formula is C17H24F3N3O. The lowest BCUT2D eigenvalue weighted by Crippen LogP contribution is -2.27. The molecule has 0 aliphatic rings. The van der Waals surface area contributed by atoms with E-state index in [2.05, 4.69) is 17.2 Å². The number of alkyl halides is 3. The van der Waals surface area contributed by atoms with Gasteiger partial charge in [-0.2, -0.15) is 13.2 Å². The van der Waals surface area contributed by atoms with Crippen LogP contribution in [0.4, 0.5) is 13.2 Å². The van der Waals surface area contributed by atoms with Crippen molar-refractivity contribution in [2.24, 2.45) is 13.0 Å². The van der Waals surface area contributed by atoms with E-state index in [1.54, 1.807) is 7.05 Å². The van der Waals surface area contributed by atoms with Crippen LogP contribution in [0, 0.1) is 5.92 Å². The monoisotopic (exact) mass is 343 g/mol. The molecule has 134 valence electrons. The second-order valence-electron chi connectivity index (χ2n) is 6.15. The van der Waals surface area contributed by atoms with Crippen LogP contribution in [0.25, 0.3) is 11.0 Å². The Morgan fingerprint density at radius 1 is 1.33 bits per heavy atom. The van der Waals surface area contributed by atoms with Gasteiger partial charge in [-0.1, -0.05) is 13.3 Å². The van der Waals surface area contributed by atoms with Crippen molar-refractivity contribution in [3.8, 4) is 0 Å². The minimum atomic E-state index is -4.37. The molecule has 1 heterocycles. The van der Waals surface area contributed by atoms with Crippen LogP contribution < -0.4 is 5.32 Å². The zero-order valence-corrected chi connectivity index (χ0v) is 14.2. The summed E-state index contributed by atoms with van der Waals surface area (Å²) in [4.78, 5) is 4.39. The molecule has 2 atom stereocenters. The molecule has 0 fully saturated rings. The van der Waals surface area contributed by atoms with Gasteiger partial charge in [-0.15, -0.1) is 0 Å². The molecule has 2 unspecified atom stereocenters. The summed E-state index contributed by atoms with van der Waals surface area (Å²) in [5.41, 5.74) is 0.335.